The Kier molecular flexibility index (Phi) is 15.9. The molecule has 0 radical (unpaired) electrons. The van der Waals surface area contributed by atoms with Gasteiger partial charge in [-0.1, -0.05) is 139 Å². The number of aliphatic carboxylic acids is 1. The molecule has 6 nitrogen and oxygen atoms in total. The van der Waals surface area contributed by atoms with Crippen LogP contribution in [0.2, 0.25) is 0 Å². The minimum atomic E-state index is -1.23. The van der Waals surface area contributed by atoms with E-state index in [1.54, 1.807) is 11.3 Å². The molecular weight excluding hydrogens is 801 g/mol. The zero-order valence-corrected chi connectivity index (χ0v) is 37.6. The molecule has 8 heteroatoms. The molecule has 0 aliphatic heterocycles. The lowest BCUT2D eigenvalue weighted by molar-refractivity contribution is -0.132. The van der Waals surface area contributed by atoms with Crippen molar-refractivity contribution in [1.82, 2.24) is 9.97 Å². The SMILES string of the molecule is CCCCCCCCc1nc2c(-c3ccc(/C=C(/C#N)C(=O)O)s3)ccc(-c3ccc(-c4ccc(N(c5ccccc5)c5ccccc5)cc4)s3)c2nc1CCCCCCCC. The molecule has 7 rings (SSSR count). The predicted octanol–water partition coefficient (Wildman–Crippen LogP) is 16.0. The molecule has 0 spiro atoms. The number of aryl methyl sites for hydroxylation is 2. The molecule has 0 amide bonds. The van der Waals surface area contributed by atoms with E-state index in [4.69, 9.17) is 9.97 Å². The van der Waals surface area contributed by atoms with Crippen LogP contribution in [-0.4, -0.2) is 21.0 Å². The predicted molar refractivity (Wildman–Crippen MR) is 262 cm³/mol. The van der Waals surface area contributed by atoms with Crippen LogP contribution in [0.25, 0.3) is 48.4 Å². The van der Waals surface area contributed by atoms with Gasteiger partial charge >= 0.3 is 5.97 Å². The fourth-order valence-electron chi connectivity index (χ4n) is 8.02. The van der Waals surface area contributed by atoms with Crippen LogP contribution in [0, 0.1) is 11.3 Å². The highest BCUT2D eigenvalue weighted by molar-refractivity contribution is 7.19. The lowest BCUT2D eigenvalue weighted by Gasteiger charge is -2.25. The van der Waals surface area contributed by atoms with Gasteiger partial charge in [-0.05, 0) is 98.0 Å². The van der Waals surface area contributed by atoms with Gasteiger partial charge in [0.25, 0.3) is 0 Å². The first kappa shape index (κ1) is 44.2. The van der Waals surface area contributed by atoms with Crippen LogP contribution in [0.3, 0.4) is 0 Å². The molecule has 3 aromatic heterocycles. The van der Waals surface area contributed by atoms with Gasteiger partial charge in [0.2, 0.25) is 0 Å². The fraction of sp³-hybridized carbons (Fsp3) is 0.296. The molecule has 0 aliphatic carbocycles. The summed E-state index contributed by atoms with van der Waals surface area (Å²) in [5.41, 5.74) is 10.2. The molecule has 0 bridgehead atoms. The number of nitriles is 1. The Morgan fingerprint density at radius 1 is 0.581 bits per heavy atom. The molecule has 316 valence electrons. The summed E-state index contributed by atoms with van der Waals surface area (Å²) < 4.78 is 0. The minimum absolute atomic E-state index is 0.285. The van der Waals surface area contributed by atoms with E-state index in [0.29, 0.717) is 4.88 Å². The molecule has 0 saturated carbocycles. The van der Waals surface area contributed by atoms with Crippen LogP contribution in [0.1, 0.15) is 107 Å². The summed E-state index contributed by atoms with van der Waals surface area (Å²) in [6, 6.07) is 44.2. The van der Waals surface area contributed by atoms with Gasteiger partial charge in [0.05, 0.1) is 22.4 Å². The quantitative estimate of drug-likeness (QED) is 0.0415. The molecule has 0 aliphatic rings. The number of unbranched alkanes of at least 4 members (excludes halogenated alkanes) is 10. The van der Waals surface area contributed by atoms with Gasteiger partial charge in [0.1, 0.15) is 11.6 Å². The summed E-state index contributed by atoms with van der Waals surface area (Å²) in [7, 11) is 0. The molecule has 7 aromatic rings. The average Bonchev–Trinajstić information content (AvgIpc) is 3.99. The first-order chi connectivity index (χ1) is 30.5. The summed E-state index contributed by atoms with van der Waals surface area (Å²) in [6.45, 7) is 4.52. The van der Waals surface area contributed by atoms with Gasteiger partial charge in [-0.25, -0.2) is 14.8 Å². The monoisotopic (exact) mass is 856 g/mol. The molecule has 1 N–H and O–H groups in total. The number of hydrogen-bond acceptors (Lipinski definition) is 7. The van der Waals surface area contributed by atoms with Gasteiger partial charge in [0.15, 0.2) is 0 Å². The van der Waals surface area contributed by atoms with Gasteiger partial charge in [-0.2, -0.15) is 5.26 Å². The lowest BCUT2D eigenvalue weighted by Crippen LogP contribution is -2.09. The number of nitrogens with zero attached hydrogens (tertiary/aromatic N) is 4. The fourth-order valence-corrected chi connectivity index (χ4v) is 10.0. The Labute approximate surface area is 375 Å². The number of anilines is 3. The summed E-state index contributed by atoms with van der Waals surface area (Å²) in [5.74, 6) is -1.23. The van der Waals surface area contributed by atoms with Crippen molar-refractivity contribution >= 4 is 62.8 Å². The van der Waals surface area contributed by atoms with E-state index in [0.717, 1.165) is 91.6 Å². The van der Waals surface area contributed by atoms with Crippen LogP contribution >= 0.6 is 22.7 Å². The second kappa shape index (κ2) is 22.3. The third-order valence-electron chi connectivity index (χ3n) is 11.4. The second-order valence-electron chi connectivity index (χ2n) is 15.9. The molecule has 62 heavy (non-hydrogen) atoms. The van der Waals surface area contributed by atoms with Crippen molar-refractivity contribution in [3.63, 3.8) is 0 Å². The molecule has 0 atom stereocenters. The third-order valence-corrected chi connectivity index (χ3v) is 13.6. The molecule has 0 unspecified atom stereocenters. The Morgan fingerprint density at radius 3 is 1.56 bits per heavy atom. The Hall–Kier alpha value is -5.88. The van der Waals surface area contributed by atoms with Gasteiger partial charge in [-0.3, -0.25) is 0 Å². The smallest absolute Gasteiger partial charge is 0.346 e. The molecule has 0 fully saturated rings. The van der Waals surface area contributed by atoms with Crippen LogP contribution in [0.4, 0.5) is 17.1 Å². The van der Waals surface area contributed by atoms with Gasteiger partial charge in [0, 0.05) is 47.7 Å². The van der Waals surface area contributed by atoms with Crippen molar-refractivity contribution in [3.8, 4) is 37.4 Å². The van der Waals surface area contributed by atoms with Gasteiger partial charge in [-0.15, -0.1) is 22.7 Å². The number of hydrogen-bond donors (Lipinski definition) is 1. The average molecular weight is 857 g/mol. The highest BCUT2D eigenvalue weighted by atomic mass is 32.1. The lowest BCUT2D eigenvalue weighted by atomic mass is 10.0. The van der Waals surface area contributed by atoms with E-state index in [2.05, 4.69) is 116 Å². The largest absolute Gasteiger partial charge is 0.477 e. The maximum absolute atomic E-state index is 11.7. The van der Waals surface area contributed by atoms with Crippen molar-refractivity contribution in [2.75, 3.05) is 4.90 Å². The summed E-state index contributed by atoms with van der Waals surface area (Å²) in [4.78, 5) is 29.0. The minimum Gasteiger partial charge on any atom is -0.477 e. The highest BCUT2D eigenvalue weighted by Gasteiger charge is 2.20. The number of carboxylic acid groups (broad SMARTS) is 1. The number of fused-ring (bicyclic) bond motifs is 1. The normalized spacial score (nSPS) is 11.5. The number of benzene rings is 4. The Balaban J connectivity index is 1.26. The van der Waals surface area contributed by atoms with E-state index in [9.17, 15) is 15.2 Å². The van der Waals surface area contributed by atoms with Crippen LogP contribution < -0.4 is 4.90 Å². The summed E-state index contributed by atoms with van der Waals surface area (Å²) in [5, 5.41) is 19.0. The van der Waals surface area contributed by atoms with E-state index >= 15 is 0 Å². The second-order valence-corrected chi connectivity index (χ2v) is 18.1. The molecular formula is C54H56N4O2S2. The maximum Gasteiger partial charge on any atom is 0.346 e. The molecule has 4 aromatic carbocycles. The zero-order chi connectivity index (χ0) is 43.1. The summed E-state index contributed by atoms with van der Waals surface area (Å²) in [6.07, 6.45) is 17.9. The number of para-hydroxylation sites is 2. The van der Waals surface area contributed by atoms with Crippen LogP contribution in [0.5, 0.6) is 0 Å². The first-order valence-corrected chi connectivity index (χ1v) is 24.0. The van der Waals surface area contributed by atoms with E-state index < -0.39 is 5.97 Å². The standard InChI is InChI=1S/C54H56N4O2S2/c1-3-5-7-9-11-19-25-47-48(26-20-12-10-8-6-4-2)57-53-46(33-32-45(52(53)56-47)50-34-31-44(61-50)37-40(38-55)54(59)60)51-36-35-49(62-51)39-27-29-43(30-28-39)58(41-21-15-13-16-22-41)42-23-17-14-18-24-42/h13-18,21-24,27-37H,3-12,19-20,25-26H2,1-2H3,(H,59,60)/b40-37-. The first-order valence-electron chi connectivity index (χ1n) is 22.4. The number of carbonyl (C=O) groups is 1. The summed E-state index contributed by atoms with van der Waals surface area (Å²) >= 11 is 3.24. The van der Waals surface area contributed by atoms with Gasteiger partial charge < -0.3 is 10.0 Å². The third kappa shape index (κ3) is 11.1. The molecule has 3 heterocycles. The number of rotatable bonds is 22. The van der Waals surface area contributed by atoms with Crippen LogP contribution in [0.15, 0.2) is 127 Å². The van der Waals surface area contributed by atoms with E-state index in [1.807, 2.05) is 30.3 Å². The van der Waals surface area contributed by atoms with Crippen LogP contribution in [-0.2, 0) is 17.6 Å². The van der Waals surface area contributed by atoms with Crippen molar-refractivity contribution in [2.24, 2.45) is 0 Å². The zero-order valence-electron chi connectivity index (χ0n) is 36.0. The molecule has 0 saturated heterocycles. The Morgan fingerprint density at radius 2 is 1.05 bits per heavy atom. The van der Waals surface area contributed by atoms with E-state index in [-0.39, 0.29) is 5.57 Å². The van der Waals surface area contributed by atoms with Crippen molar-refractivity contribution in [1.29, 1.82) is 5.26 Å². The topological polar surface area (TPSA) is 90.1 Å². The number of carboxylic acids is 1. The Bertz CT molecular complexity index is 2570. The van der Waals surface area contributed by atoms with Crippen molar-refractivity contribution < 1.29 is 9.90 Å². The maximum atomic E-state index is 11.7. The highest BCUT2D eigenvalue weighted by Crippen LogP contribution is 2.42. The van der Waals surface area contributed by atoms with Crippen molar-refractivity contribution in [2.45, 2.75) is 104 Å². The van der Waals surface area contributed by atoms with E-state index in [1.165, 1.54) is 86.5 Å². The van der Waals surface area contributed by atoms with Crippen molar-refractivity contribution in [3.05, 3.63) is 143 Å². The number of aromatic nitrogens is 2. The number of thiophene rings is 2.